The topological polar surface area (TPSA) is 90.4 Å². The third-order valence-corrected chi connectivity index (χ3v) is 4.29. The van der Waals surface area contributed by atoms with Gasteiger partial charge in [0.2, 0.25) is 17.8 Å². The van der Waals surface area contributed by atoms with E-state index < -0.39 is 0 Å². The number of hydrazone groups is 1. The molecule has 8 heteroatoms. The highest BCUT2D eigenvalue weighted by Gasteiger charge is 2.05. The van der Waals surface area contributed by atoms with Crippen molar-refractivity contribution in [3.8, 4) is 0 Å². The Morgan fingerprint density at radius 3 is 2.17 bits per heavy atom. The fourth-order valence-corrected chi connectivity index (χ4v) is 2.77. The molecule has 0 aliphatic heterocycles. The van der Waals surface area contributed by atoms with Crippen LogP contribution in [0.1, 0.15) is 19.4 Å². The summed E-state index contributed by atoms with van der Waals surface area (Å²) in [5.41, 5.74) is 5.95. The summed E-state index contributed by atoms with van der Waals surface area (Å²) in [7, 11) is 1.76. The fraction of sp³-hybridized carbons (Fsp3) is 0.238. The molecule has 8 nitrogen and oxygen atoms in total. The van der Waals surface area contributed by atoms with Gasteiger partial charge in [0, 0.05) is 31.5 Å². The third kappa shape index (κ3) is 5.65. The second-order valence-electron chi connectivity index (χ2n) is 6.18. The molecule has 29 heavy (non-hydrogen) atoms. The zero-order chi connectivity index (χ0) is 20.5. The number of nitrogens with one attached hydrogen (secondary N) is 3. The predicted molar refractivity (Wildman–Crippen MR) is 120 cm³/mol. The minimum Gasteiger partial charge on any atom is -0.372 e. The average Bonchev–Trinajstić information content (AvgIpc) is 2.76. The first kappa shape index (κ1) is 20.1. The summed E-state index contributed by atoms with van der Waals surface area (Å²) < 4.78 is 0. The molecule has 0 amide bonds. The van der Waals surface area contributed by atoms with Crippen molar-refractivity contribution in [2.24, 2.45) is 5.10 Å². The summed E-state index contributed by atoms with van der Waals surface area (Å²) in [6.45, 7) is 6.27. The van der Waals surface area contributed by atoms with Gasteiger partial charge in [-0.25, -0.2) is 5.43 Å². The zero-order valence-corrected chi connectivity index (χ0v) is 16.9. The molecule has 2 aromatic carbocycles. The molecular formula is C21H26N8. The summed E-state index contributed by atoms with van der Waals surface area (Å²) in [4.78, 5) is 15.3. The molecule has 0 saturated heterocycles. The Balaban J connectivity index is 1.68. The van der Waals surface area contributed by atoms with Crippen molar-refractivity contribution in [1.82, 2.24) is 15.0 Å². The maximum atomic E-state index is 4.36. The zero-order valence-electron chi connectivity index (χ0n) is 16.9. The SMILES string of the molecule is CCN(CC)c1ccc(C=NNc2nc(NC)nc(Nc3ccccc3)n2)cc1. The Morgan fingerprint density at radius 1 is 0.862 bits per heavy atom. The van der Waals surface area contributed by atoms with Crippen LogP contribution in [0, 0.1) is 0 Å². The molecule has 3 aromatic rings. The molecule has 0 radical (unpaired) electrons. The lowest BCUT2D eigenvalue weighted by Gasteiger charge is -2.20. The predicted octanol–water partition coefficient (Wildman–Crippen LogP) is 3.95. The molecule has 3 rings (SSSR count). The van der Waals surface area contributed by atoms with Gasteiger partial charge in [0.05, 0.1) is 6.21 Å². The number of benzene rings is 2. The van der Waals surface area contributed by atoms with Gasteiger partial charge in [0.1, 0.15) is 0 Å². The number of hydrogen-bond donors (Lipinski definition) is 3. The molecule has 3 N–H and O–H groups in total. The van der Waals surface area contributed by atoms with Gasteiger partial charge in [0.15, 0.2) is 0 Å². The van der Waals surface area contributed by atoms with E-state index in [1.165, 1.54) is 5.69 Å². The lowest BCUT2D eigenvalue weighted by atomic mass is 10.2. The van der Waals surface area contributed by atoms with Gasteiger partial charge in [-0.15, -0.1) is 0 Å². The van der Waals surface area contributed by atoms with Crippen LogP contribution >= 0.6 is 0 Å². The number of anilines is 5. The molecule has 0 saturated carbocycles. The van der Waals surface area contributed by atoms with Crippen LogP contribution in [0.15, 0.2) is 59.7 Å². The van der Waals surface area contributed by atoms with Crippen molar-refractivity contribution in [2.75, 3.05) is 41.1 Å². The lowest BCUT2D eigenvalue weighted by Crippen LogP contribution is -2.21. The highest BCUT2D eigenvalue weighted by Crippen LogP contribution is 2.16. The molecule has 0 unspecified atom stereocenters. The number of nitrogens with zero attached hydrogens (tertiary/aromatic N) is 5. The normalized spacial score (nSPS) is 10.7. The Morgan fingerprint density at radius 2 is 1.52 bits per heavy atom. The standard InChI is InChI=1S/C21H26N8/c1-4-29(5-2)18-13-11-16(12-14-18)15-23-28-21-26-19(22-3)25-20(27-21)24-17-9-7-6-8-10-17/h6-15H,4-5H2,1-3H3,(H3,22,24,25,26,27,28). The third-order valence-electron chi connectivity index (χ3n) is 4.29. The van der Waals surface area contributed by atoms with Crippen LogP contribution in [-0.2, 0) is 0 Å². The highest BCUT2D eigenvalue weighted by atomic mass is 15.4. The molecule has 1 aromatic heterocycles. The minimum atomic E-state index is 0.346. The summed E-state index contributed by atoms with van der Waals surface area (Å²) in [6.07, 6.45) is 1.74. The fourth-order valence-electron chi connectivity index (χ4n) is 2.77. The van der Waals surface area contributed by atoms with Gasteiger partial charge in [-0.3, -0.25) is 0 Å². The Labute approximate surface area is 171 Å². The van der Waals surface area contributed by atoms with Crippen LogP contribution in [0.3, 0.4) is 0 Å². The van der Waals surface area contributed by atoms with Crippen LogP contribution < -0.4 is 21.0 Å². The molecule has 0 bridgehead atoms. The minimum absolute atomic E-state index is 0.346. The second kappa shape index (κ2) is 10.0. The second-order valence-corrected chi connectivity index (χ2v) is 6.18. The van der Waals surface area contributed by atoms with Gasteiger partial charge < -0.3 is 15.5 Å². The average molecular weight is 390 g/mol. The molecule has 0 fully saturated rings. The van der Waals surface area contributed by atoms with Crippen LogP contribution in [0.4, 0.5) is 29.2 Å². The largest absolute Gasteiger partial charge is 0.372 e. The van der Waals surface area contributed by atoms with E-state index in [1.54, 1.807) is 13.3 Å². The first-order valence-corrected chi connectivity index (χ1v) is 9.61. The maximum absolute atomic E-state index is 4.36. The lowest BCUT2D eigenvalue weighted by molar-refractivity contribution is 0.866. The van der Waals surface area contributed by atoms with E-state index in [1.807, 2.05) is 42.5 Å². The van der Waals surface area contributed by atoms with E-state index >= 15 is 0 Å². The van der Waals surface area contributed by atoms with E-state index in [-0.39, 0.29) is 0 Å². The maximum Gasteiger partial charge on any atom is 0.250 e. The van der Waals surface area contributed by atoms with Gasteiger partial charge in [0.25, 0.3) is 0 Å². The van der Waals surface area contributed by atoms with Crippen LogP contribution in [0.2, 0.25) is 0 Å². The van der Waals surface area contributed by atoms with Gasteiger partial charge >= 0.3 is 0 Å². The van der Waals surface area contributed by atoms with E-state index in [0.717, 1.165) is 24.3 Å². The highest BCUT2D eigenvalue weighted by molar-refractivity contribution is 5.80. The van der Waals surface area contributed by atoms with E-state index in [2.05, 4.69) is 67.0 Å². The molecule has 0 atom stereocenters. The number of hydrogen-bond acceptors (Lipinski definition) is 8. The summed E-state index contributed by atoms with van der Waals surface area (Å²) in [5.74, 6) is 1.22. The summed E-state index contributed by atoms with van der Waals surface area (Å²) in [6, 6.07) is 18.0. The summed E-state index contributed by atoms with van der Waals surface area (Å²) in [5, 5.41) is 10.3. The van der Waals surface area contributed by atoms with Crippen molar-refractivity contribution in [2.45, 2.75) is 13.8 Å². The smallest absolute Gasteiger partial charge is 0.250 e. The summed E-state index contributed by atoms with van der Waals surface area (Å²) >= 11 is 0. The Hall–Kier alpha value is -3.68. The van der Waals surface area contributed by atoms with Crippen LogP contribution in [0.25, 0.3) is 0 Å². The molecule has 0 aliphatic rings. The van der Waals surface area contributed by atoms with Crippen molar-refractivity contribution < 1.29 is 0 Å². The number of rotatable bonds is 9. The van der Waals surface area contributed by atoms with Crippen molar-refractivity contribution in [3.63, 3.8) is 0 Å². The van der Waals surface area contributed by atoms with Crippen molar-refractivity contribution in [3.05, 3.63) is 60.2 Å². The Kier molecular flexibility index (Phi) is 6.94. The van der Waals surface area contributed by atoms with E-state index in [4.69, 9.17) is 0 Å². The molecule has 1 heterocycles. The number of aromatic nitrogens is 3. The van der Waals surface area contributed by atoms with Crippen molar-refractivity contribution in [1.29, 1.82) is 0 Å². The van der Waals surface area contributed by atoms with Gasteiger partial charge in [-0.2, -0.15) is 20.1 Å². The molecule has 0 aliphatic carbocycles. The first-order valence-electron chi connectivity index (χ1n) is 9.61. The van der Waals surface area contributed by atoms with Gasteiger partial charge in [-0.05, 0) is 43.7 Å². The first-order chi connectivity index (χ1) is 14.2. The van der Waals surface area contributed by atoms with Gasteiger partial charge in [-0.1, -0.05) is 30.3 Å². The van der Waals surface area contributed by atoms with Crippen LogP contribution in [0.5, 0.6) is 0 Å². The molecule has 150 valence electrons. The molecular weight excluding hydrogens is 364 g/mol. The monoisotopic (exact) mass is 390 g/mol. The quantitative estimate of drug-likeness (QED) is 0.376. The van der Waals surface area contributed by atoms with Crippen LogP contribution in [-0.4, -0.2) is 41.3 Å². The Bertz CT molecular complexity index is 921. The van der Waals surface area contributed by atoms with E-state index in [0.29, 0.717) is 17.8 Å². The molecule has 0 spiro atoms. The number of para-hydroxylation sites is 1. The van der Waals surface area contributed by atoms with E-state index in [9.17, 15) is 0 Å². The van der Waals surface area contributed by atoms with Crippen molar-refractivity contribution >= 4 is 35.4 Å².